The molecule has 0 aromatic heterocycles. The van der Waals surface area contributed by atoms with Crippen molar-refractivity contribution < 1.29 is 13.2 Å². The van der Waals surface area contributed by atoms with E-state index in [4.69, 9.17) is 5.26 Å². The Balaban J connectivity index is 2.30. The smallest absolute Gasteiger partial charge is 0.316 e. The molecule has 0 saturated carbocycles. The van der Waals surface area contributed by atoms with Crippen LogP contribution in [0.3, 0.4) is 0 Å². The molecule has 0 radical (unpaired) electrons. The van der Waals surface area contributed by atoms with E-state index in [9.17, 15) is 13.2 Å². The molecule has 0 spiro atoms. The van der Waals surface area contributed by atoms with Crippen LogP contribution in [0.1, 0.15) is 23.5 Å². The number of hydrogen-bond acceptors (Lipinski definition) is 2. The molecular formula is C13H13F3N2. The highest BCUT2D eigenvalue weighted by Gasteiger charge is 2.32. The molecule has 5 heteroatoms. The van der Waals surface area contributed by atoms with E-state index in [1.807, 2.05) is 0 Å². The Labute approximate surface area is 103 Å². The molecule has 1 fully saturated rings. The number of nitriles is 1. The predicted octanol–water partition coefficient (Wildman–Crippen LogP) is 2.92. The van der Waals surface area contributed by atoms with E-state index in [-0.39, 0.29) is 11.8 Å². The van der Waals surface area contributed by atoms with Crippen LogP contribution in [0.15, 0.2) is 24.3 Å². The van der Waals surface area contributed by atoms with Gasteiger partial charge in [-0.25, -0.2) is 0 Å². The van der Waals surface area contributed by atoms with Gasteiger partial charge in [-0.1, -0.05) is 18.2 Å². The lowest BCUT2D eigenvalue weighted by molar-refractivity contribution is -0.137. The van der Waals surface area contributed by atoms with E-state index in [1.165, 1.54) is 6.07 Å². The Morgan fingerprint density at radius 3 is 2.78 bits per heavy atom. The average molecular weight is 254 g/mol. The van der Waals surface area contributed by atoms with Gasteiger partial charge in [-0.2, -0.15) is 18.4 Å². The van der Waals surface area contributed by atoms with E-state index in [0.29, 0.717) is 18.5 Å². The van der Waals surface area contributed by atoms with E-state index < -0.39 is 11.7 Å². The van der Waals surface area contributed by atoms with Gasteiger partial charge in [0.15, 0.2) is 0 Å². The van der Waals surface area contributed by atoms with Crippen LogP contribution in [0.5, 0.6) is 0 Å². The third-order valence-corrected chi connectivity index (χ3v) is 3.29. The van der Waals surface area contributed by atoms with Gasteiger partial charge in [0.25, 0.3) is 0 Å². The molecule has 2 atom stereocenters. The summed E-state index contributed by atoms with van der Waals surface area (Å²) in [5.74, 6) is -0.374. The lowest BCUT2D eigenvalue weighted by Crippen LogP contribution is -2.34. The van der Waals surface area contributed by atoms with Gasteiger partial charge < -0.3 is 5.32 Å². The van der Waals surface area contributed by atoms with Crippen LogP contribution in [0.4, 0.5) is 13.2 Å². The molecule has 0 amide bonds. The fraction of sp³-hybridized carbons (Fsp3) is 0.462. The first-order valence-electron chi connectivity index (χ1n) is 5.80. The van der Waals surface area contributed by atoms with Crippen molar-refractivity contribution in [1.29, 1.82) is 5.26 Å². The van der Waals surface area contributed by atoms with Gasteiger partial charge in [-0.15, -0.1) is 0 Å². The van der Waals surface area contributed by atoms with E-state index >= 15 is 0 Å². The summed E-state index contributed by atoms with van der Waals surface area (Å²) < 4.78 is 37.9. The first-order chi connectivity index (χ1) is 8.52. The van der Waals surface area contributed by atoms with Crippen LogP contribution < -0.4 is 5.32 Å². The standard InChI is InChI=1S/C13H13F3N2/c14-13(15,16)11-3-1-2-9(6-11)12-8-18-5-4-10(12)7-17/h1-3,6,10,12,18H,4-5,8H2. The molecule has 1 saturated heterocycles. The summed E-state index contributed by atoms with van der Waals surface area (Å²) in [6.07, 6.45) is -3.66. The largest absolute Gasteiger partial charge is 0.416 e. The number of halogens is 3. The Morgan fingerprint density at radius 1 is 1.33 bits per heavy atom. The molecule has 18 heavy (non-hydrogen) atoms. The SMILES string of the molecule is N#CC1CCNCC1c1cccc(C(F)(F)F)c1. The molecule has 0 aliphatic carbocycles. The van der Waals surface area contributed by atoms with Crippen molar-refractivity contribution in [2.75, 3.05) is 13.1 Å². The molecule has 1 aliphatic rings. The van der Waals surface area contributed by atoms with Crippen LogP contribution in [0, 0.1) is 17.2 Å². The van der Waals surface area contributed by atoms with Crippen LogP contribution in [0.25, 0.3) is 0 Å². The fourth-order valence-corrected chi connectivity index (χ4v) is 2.31. The number of alkyl halides is 3. The van der Waals surface area contributed by atoms with E-state index in [2.05, 4.69) is 11.4 Å². The van der Waals surface area contributed by atoms with Crippen LogP contribution in [-0.4, -0.2) is 13.1 Å². The second-order valence-electron chi connectivity index (χ2n) is 4.46. The predicted molar refractivity (Wildman–Crippen MR) is 60.8 cm³/mol. The number of nitrogens with one attached hydrogen (secondary N) is 1. The van der Waals surface area contributed by atoms with Crippen molar-refractivity contribution >= 4 is 0 Å². The van der Waals surface area contributed by atoms with Crippen molar-refractivity contribution in [2.45, 2.75) is 18.5 Å². The lowest BCUT2D eigenvalue weighted by Gasteiger charge is -2.28. The van der Waals surface area contributed by atoms with Gasteiger partial charge in [0.1, 0.15) is 0 Å². The Kier molecular flexibility index (Phi) is 3.58. The lowest BCUT2D eigenvalue weighted by atomic mass is 9.82. The Bertz CT molecular complexity index is 462. The van der Waals surface area contributed by atoms with Crippen LogP contribution in [0.2, 0.25) is 0 Å². The highest BCUT2D eigenvalue weighted by atomic mass is 19.4. The van der Waals surface area contributed by atoms with Gasteiger partial charge in [-0.3, -0.25) is 0 Å². The second kappa shape index (κ2) is 4.99. The molecule has 1 heterocycles. The first kappa shape index (κ1) is 12.9. The topological polar surface area (TPSA) is 35.8 Å². The highest BCUT2D eigenvalue weighted by molar-refractivity contribution is 5.30. The summed E-state index contributed by atoms with van der Waals surface area (Å²) in [5, 5.41) is 12.2. The quantitative estimate of drug-likeness (QED) is 0.836. The van der Waals surface area contributed by atoms with Gasteiger partial charge in [-0.05, 0) is 24.6 Å². The van der Waals surface area contributed by atoms with E-state index in [0.717, 1.165) is 18.7 Å². The van der Waals surface area contributed by atoms with Crippen molar-refractivity contribution in [1.82, 2.24) is 5.32 Å². The number of benzene rings is 1. The minimum Gasteiger partial charge on any atom is -0.316 e. The Hall–Kier alpha value is -1.54. The summed E-state index contributed by atoms with van der Waals surface area (Å²) in [7, 11) is 0. The van der Waals surface area contributed by atoms with Gasteiger partial charge in [0.05, 0.1) is 17.6 Å². The third kappa shape index (κ3) is 2.65. The maximum absolute atomic E-state index is 12.6. The van der Waals surface area contributed by atoms with Crippen molar-refractivity contribution in [2.24, 2.45) is 5.92 Å². The van der Waals surface area contributed by atoms with Crippen molar-refractivity contribution in [3.8, 4) is 6.07 Å². The van der Waals surface area contributed by atoms with Crippen LogP contribution in [-0.2, 0) is 6.18 Å². The van der Waals surface area contributed by atoms with Gasteiger partial charge >= 0.3 is 6.18 Å². The zero-order valence-corrected chi connectivity index (χ0v) is 9.67. The summed E-state index contributed by atoms with van der Waals surface area (Å²) in [5.41, 5.74) is -0.0640. The van der Waals surface area contributed by atoms with Gasteiger partial charge in [0, 0.05) is 12.5 Å². The molecule has 2 unspecified atom stereocenters. The number of piperidine rings is 1. The molecule has 1 aromatic rings. The van der Waals surface area contributed by atoms with Crippen LogP contribution >= 0.6 is 0 Å². The summed E-state index contributed by atoms with van der Waals surface area (Å²) >= 11 is 0. The maximum atomic E-state index is 12.6. The average Bonchev–Trinajstić information content (AvgIpc) is 2.38. The summed E-state index contributed by atoms with van der Waals surface area (Å²) in [6, 6.07) is 7.47. The Morgan fingerprint density at radius 2 is 2.11 bits per heavy atom. The second-order valence-corrected chi connectivity index (χ2v) is 4.46. The maximum Gasteiger partial charge on any atom is 0.416 e. The molecule has 2 nitrogen and oxygen atoms in total. The third-order valence-electron chi connectivity index (χ3n) is 3.29. The molecule has 0 bridgehead atoms. The number of hydrogen-bond donors (Lipinski definition) is 1. The number of nitrogens with zero attached hydrogens (tertiary/aromatic N) is 1. The highest BCUT2D eigenvalue weighted by Crippen LogP contribution is 2.34. The summed E-state index contributed by atoms with van der Waals surface area (Å²) in [4.78, 5) is 0. The minimum atomic E-state index is -4.33. The van der Waals surface area contributed by atoms with Gasteiger partial charge in [0.2, 0.25) is 0 Å². The monoisotopic (exact) mass is 254 g/mol. The molecule has 1 N–H and O–H groups in total. The first-order valence-corrected chi connectivity index (χ1v) is 5.80. The fourth-order valence-electron chi connectivity index (χ4n) is 2.31. The molecule has 2 rings (SSSR count). The summed E-state index contributed by atoms with van der Waals surface area (Å²) in [6.45, 7) is 1.30. The molecule has 1 aliphatic heterocycles. The zero-order valence-electron chi connectivity index (χ0n) is 9.67. The molecular weight excluding hydrogens is 241 g/mol. The minimum absolute atomic E-state index is 0.161. The zero-order chi connectivity index (χ0) is 13.2. The number of rotatable bonds is 1. The molecule has 1 aromatic carbocycles. The van der Waals surface area contributed by atoms with Crippen molar-refractivity contribution in [3.63, 3.8) is 0 Å². The normalized spacial score (nSPS) is 24.6. The molecule has 96 valence electrons. The van der Waals surface area contributed by atoms with E-state index in [1.54, 1.807) is 6.07 Å². The van der Waals surface area contributed by atoms with Crippen molar-refractivity contribution in [3.05, 3.63) is 35.4 Å².